The van der Waals surface area contributed by atoms with E-state index in [4.69, 9.17) is 9.15 Å². The molecule has 0 saturated carbocycles. The second-order valence-electron chi connectivity index (χ2n) is 7.09. The molecule has 0 saturated heterocycles. The van der Waals surface area contributed by atoms with Gasteiger partial charge in [0.25, 0.3) is 5.91 Å². The largest absolute Gasteiger partial charge is 0.508 e. The van der Waals surface area contributed by atoms with E-state index in [0.717, 1.165) is 5.56 Å². The highest BCUT2D eigenvalue weighted by Gasteiger charge is 2.19. The Hall–Kier alpha value is -3.61. The van der Waals surface area contributed by atoms with Crippen LogP contribution in [-0.2, 0) is 22.6 Å². The van der Waals surface area contributed by atoms with Crippen LogP contribution in [0.1, 0.15) is 40.9 Å². The average molecular weight is 409 g/mol. The van der Waals surface area contributed by atoms with Crippen LogP contribution in [-0.4, -0.2) is 23.0 Å². The zero-order valence-corrected chi connectivity index (χ0v) is 17.0. The van der Waals surface area contributed by atoms with E-state index in [9.17, 15) is 19.5 Å². The lowest BCUT2D eigenvalue weighted by molar-refractivity contribution is -0.146. The van der Waals surface area contributed by atoms with Gasteiger partial charge in [-0.15, -0.1) is 0 Å². The van der Waals surface area contributed by atoms with E-state index in [1.807, 2.05) is 19.9 Å². The number of fused-ring (bicyclic) bond motifs is 1. The number of hydrogen-bond donors (Lipinski definition) is 2. The summed E-state index contributed by atoms with van der Waals surface area (Å²) in [5.41, 5.74) is 2.13. The van der Waals surface area contributed by atoms with E-state index >= 15 is 0 Å². The number of hydrogen-bond acceptors (Lipinski definition) is 6. The molecule has 7 nitrogen and oxygen atoms in total. The Morgan fingerprint density at radius 2 is 1.93 bits per heavy atom. The van der Waals surface area contributed by atoms with Gasteiger partial charge in [0.1, 0.15) is 24.0 Å². The fourth-order valence-corrected chi connectivity index (χ4v) is 3.11. The van der Waals surface area contributed by atoms with Gasteiger partial charge in [-0.3, -0.25) is 4.79 Å². The van der Waals surface area contributed by atoms with Crippen molar-refractivity contribution in [2.24, 2.45) is 0 Å². The maximum Gasteiger partial charge on any atom is 0.336 e. The van der Waals surface area contributed by atoms with E-state index in [2.05, 4.69) is 5.32 Å². The molecule has 0 radical (unpaired) electrons. The van der Waals surface area contributed by atoms with E-state index in [1.165, 1.54) is 19.1 Å². The third-order valence-electron chi connectivity index (χ3n) is 4.76. The van der Waals surface area contributed by atoms with Crippen molar-refractivity contribution in [3.05, 3.63) is 75.1 Å². The van der Waals surface area contributed by atoms with Gasteiger partial charge in [0, 0.05) is 28.6 Å². The van der Waals surface area contributed by atoms with Crippen molar-refractivity contribution in [2.75, 3.05) is 0 Å². The van der Waals surface area contributed by atoms with Crippen LogP contribution in [0, 0.1) is 6.92 Å². The molecule has 3 rings (SSSR count). The molecule has 0 aliphatic heterocycles. The van der Waals surface area contributed by atoms with Gasteiger partial charge >= 0.3 is 11.6 Å². The number of phenolic OH excluding ortho intramolecular Hbond substituents is 1. The van der Waals surface area contributed by atoms with E-state index in [1.54, 1.807) is 24.3 Å². The lowest BCUT2D eigenvalue weighted by atomic mass is 10.0. The number of ether oxygens (including phenoxy) is 1. The molecule has 1 aromatic heterocycles. The van der Waals surface area contributed by atoms with Gasteiger partial charge in [-0.2, -0.15) is 0 Å². The van der Waals surface area contributed by atoms with Gasteiger partial charge in [-0.1, -0.05) is 24.6 Å². The summed E-state index contributed by atoms with van der Waals surface area (Å²) >= 11 is 0. The van der Waals surface area contributed by atoms with Crippen molar-refractivity contribution in [1.29, 1.82) is 0 Å². The summed E-state index contributed by atoms with van der Waals surface area (Å²) in [5, 5.41) is 13.2. The molecule has 1 atom stereocenters. The van der Waals surface area contributed by atoms with Crippen molar-refractivity contribution in [3.63, 3.8) is 0 Å². The normalized spacial score (nSPS) is 11.8. The van der Waals surface area contributed by atoms with Crippen molar-refractivity contribution in [2.45, 2.75) is 39.8 Å². The van der Waals surface area contributed by atoms with Gasteiger partial charge in [0.05, 0.1) is 0 Å². The van der Waals surface area contributed by atoms with Crippen LogP contribution < -0.4 is 10.9 Å². The molecule has 0 aliphatic carbocycles. The van der Waals surface area contributed by atoms with Crippen LogP contribution in [0.15, 0.2) is 51.7 Å². The predicted molar refractivity (Wildman–Crippen MR) is 111 cm³/mol. The first kappa shape index (κ1) is 21.1. The van der Waals surface area contributed by atoms with Crippen LogP contribution in [0.5, 0.6) is 5.75 Å². The zero-order chi connectivity index (χ0) is 21.8. The van der Waals surface area contributed by atoms with Gasteiger partial charge in [0.15, 0.2) is 0 Å². The van der Waals surface area contributed by atoms with Gasteiger partial charge in [-0.05, 0) is 44.0 Å². The summed E-state index contributed by atoms with van der Waals surface area (Å²) in [5.74, 6) is -0.973. The number of nitrogens with one attached hydrogen (secondary N) is 1. The smallest absolute Gasteiger partial charge is 0.336 e. The molecule has 0 fully saturated rings. The Morgan fingerprint density at radius 3 is 2.63 bits per heavy atom. The predicted octanol–water partition coefficient (Wildman–Crippen LogP) is 3.23. The minimum Gasteiger partial charge on any atom is -0.508 e. The molecule has 1 heterocycles. The highest BCUT2D eigenvalue weighted by Crippen LogP contribution is 2.27. The number of rotatable bonds is 6. The van der Waals surface area contributed by atoms with Crippen LogP contribution in [0.2, 0.25) is 0 Å². The van der Waals surface area contributed by atoms with Crippen molar-refractivity contribution >= 4 is 22.8 Å². The van der Waals surface area contributed by atoms with Crippen LogP contribution >= 0.6 is 0 Å². The van der Waals surface area contributed by atoms with Gasteiger partial charge < -0.3 is 19.6 Å². The summed E-state index contributed by atoms with van der Waals surface area (Å²) in [6.07, 6.45) is 0.585. The number of amides is 1. The number of esters is 1. The maximum absolute atomic E-state index is 12.4. The molecule has 0 spiro atoms. The number of phenols is 1. The highest BCUT2D eigenvalue weighted by atomic mass is 16.5. The number of carbonyl (C=O) groups is 2. The lowest BCUT2D eigenvalue weighted by Crippen LogP contribution is -2.39. The Kier molecular flexibility index (Phi) is 6.20. The molecule has 2 aromatic carbocycles. The maximum atomic E-state index is 12.4. The van der Waals surface area contributed by atoms with Crippen molar-refractivity contribution in [1.82, 2.24) is 5.32 Å². The van der Waals surface area contributed by atoms with Gasteiger partial charge in [-0.25, -0.2) is 9.59 Å². The van der Waals surface area contributed by atoms with Crippen LogP contribution in [0.3, 0.4) is 0 Å². The molecular weight excluding hydrogens is 386 g/mol. The number of benzene rings is 2. The summed E-state index contributed by atoms with van der Waals surface area (Å²) in [6, 6.07) is 10.5. The average Bonchev–Trinajstić information content (AvgIpc) is 2.71. The Labute approximate surface area is 173 Å². The minimum atomic E-state index is -0.875. The molecule has 3 aromatic rings. The molecular formula is C23H23NO6. The lowest BCUT2D eigenvalue weighted by Gasteiger charge is -2.14. The van der Waals surface area contributed by atoms with Gasteiger partial charge in [0.2, 0.25) is 0 Å². The van der Waals surface area contributed by atoms with Crippen molar-refractivity contribution in [3.8, 4) is 5.75 Å². The highest BCUT2D eigenvalue weighted by molar-refractivity contribution is 5.96. The fraction of sp³-hybridized carbons (Fsp3) is 0.261. The van der Waals surface area contributed by atoms with Crippen molar-refractivity contribution < 1.29 is 23.8 Å². The molecule has 156 valence electrons. The summed E-state index contributed by atoms with van der Waals surface area (Å²) in [4.78, 5) is 36.5. The van der Waals surface area contributed by atoms with Crippen LogP contribution in [0.4, 0.5) is 0 Å². The Bertz CT molecular complexity index is 1160. The molecule has 0 aliphatic rings. The zero-order valence-electron chi connectivity index (χ0n) is 17.0. The third-order valence-corrected chi connectivity index (χ3v) is 4.76. The van der Waals surface area contributed by atoms with E-state index in [0.29, 0.717) is 28.5 Å². The monoisotopic (exact) mass is 409 g/mol. The topological polar surface area (TPSA) is 106 Å². The summed E-state index contributed by atoms with van der Waals surface area (Å²) in [7, 11) is 0. The second kappa shape index (κ2) is 8.82. The molecule has 7 heteroatoms. The van der Waals surface area contributed by atoms with Crippen LogP contribution in [0.25, 0.3) is 11.0 Å². The first-order chi connectivity index (χ1) is 14.3. The Balaban J connectivity index is 1.73. The SMILES string of the molecule is CCc1cc2c(COC(=O)[C@@H](C)NC(=O)c3cccc(C)c3)cc(=O)oc2cc1O. The molecule has 0 unspecified atom stereocenters. The molecule has 2 N–H and O–H groups in total. The summed E-state index contributed by atoms with van der Waals surface area (Å²) < 4.78 is 10.5. The number of carbonyl (C=O) groups excluding carboxylic acids is 2. The minimum absolute atomic E-state index is 0.0368. The molecule has 30 heavy (non-hydrogen) atoms. The molecule has 0 bridgehead atoms. The third kappa shape index (κ3) is 4.68. The summed E-state index contributed by atoms with van der Waals surface area (Å²) in [6.45, 7) is 5.12. The van der Waals surface area contributed by atoms with E-state index in [-0.39, 0.29) is 23.8 Å². The standard InChI is InChI=1S/C23H23NO6/c1-4-15-9-18-17(10-21(26)30-20(18)11-19(15)25)12-29-23(28)14(3)24-22(27)16-7-5-6-13(2)8-16/h5-11,14,25H,4,12H2,1-3H3,(H,24,27)/t14-/m1/s1. The molecule has 1 amide bonds. The fourth-order valence-electron chi connectivity index (χ4n) is 3.11. The first-order valence-corrected chi connectivity index (χ1v) is 9.61. The Morgan fingerprint density at radius 1 is 1.17 bits per heavy atom. The quantitative estimate of drug-likeness (QED) is 0.478. The second-order valence-corrected chi connectivity index (χ2v) is 7.09. The number of aromatic hydroxyl groups is 1. The number of aryl methyl sites for hydroxylation is 2. The van der Waals surface area contributed by atoms with E-state index < -0.39 is 17.6 Å². The first-order valence-electron chi connectivity index (χ1n) is 9.61.